The molecule has 98 valence electrons. The van der Waals surface area contributed by atoms with Crippen LogP contribution in [0.15, 0.2) is 12.0 Å². The third-order valence-corrected chi connectivity index (χ3v) is 5.37. The van der Waals surface area contributed by atoms with E-state index in [-0.39, 0.29) is 17.3 Å². The van der Waals surface area contributed by atoms with E-state index >= 15 is 0 Å². The summed E-state index contributed by atoms with van der Waals surface area (Å²) in [5.41, 5.74) is -0.138. The second kappa shape index (κ2) is 3.91. The Kier molecular flexibility index (Phi) is 2.59. The molecule has 3 fully saturated rings. The molecule has 6 unspecified atom stereocenters. The Balaban J connectivity index is 1.73. The summed E-state index contributed by atoms with van der Waals surface area (Å²) in [6.45, 7) is 3.78. The first-order valence-corrected chi connectivity index (χ1v) is 6.95. The monoisotopic (exact) mass is 247 g/mol. The molecule has 0 saturated heterocycles. The number of ether oxygens (including phenoxy) is 1. The van der Waals surface area contributed by atoms with Crippen LogP contribution in [0.2, 0.25) is 0 Å². The number of nitrogens with zero attached hydrogens (tertiary/aromatic N) is 1. The Labute approximate surface area is 108 Å². The highest BCUT2D eigenvalue weighted by molar-refractivity contribution is 5.12. The summed E-state index contributed by atoms with van der Waals surface area (Å²) in [5.74, 6) is 3.28. The van der Waals surface area contributed by atoms with E-state index in [2.05, 4.69) is 13.0 Å². The predicted octanol–water partition coefficient (Wildman–Crippen LogP) is 3.39. The van der Waals surface area contributed by atoms with Gasteiger partial charge < -0.3 is 9.84 Å². The van der Waals surface area contributed by atoms with Gasteiger partial charge in [-0.25, -0.2) is 0 Å². The van der Waals surface area contributed by atoms with Crippen molar-refractivity contribution in [2.75, 3.05) is 0 Å². The Bertz CT molecular complexity index is 421. The first-order chi connectivity index (χ1) is 8.52. The van der Waals surface area contributed by atoms with Crippen LogP contribution in [0.5, 0.6) is 0 Å². The molecule has 3 heteroatoms. The lowest BCUT2D eigenvalue weighted by Crippen LogP contribution is -2.24. The van der Waals surface area contributed by atoms with Crippen LogP contribution in [0.1, 0.15) is 39.5 Å². The molecule has 3 saturated carbocycles. The summed E-state index contributed by atoms with van der Waals surface area (Å²) in [6, 6.07) is 2.49. The number of hydrogen-bond donors (Lipinski definition) is 1. The van der Waals surface area contributed by atoms with Gasteiger partial charge in [0.25, 0.3) is 0 Å². The van der Waals surface area contributed by atoms with E-state index in [1.54, 1.807) is 6.92 Å². The normalized spacial score (nSPS) is 50.1. The summed E-state index contributed by atoms with van der Waals surface area (Å²) < 4.78 is 5.79. The average molecular weight is 247 g/mol. The Morgan fingerprint density at radius 2 is 2.06 bits per heavy atom. The van der Waals surface area contributed by atoms with Gasteiger partial charge in [-0.05, 0) is 63.2 Å². The minimum absolute atomic E-state index is 0.138. The quantitative estimate of drug-likeness (QED) is 0.761. The highest BCUT2D eigenvalue weighted by Gasteiger charge is 2.59. The lowest BCUT2D eigenvalue weighted by molar-refractivity contribution is 0.0299. The van der Waals surface area contributed by atoms with E-state index < -0.39 is 0 Å². The van der Waals surface area contributed by atoms with Gasteiger partial charge in [0, 0.05) is 5.92 Å². The molecule has 0 radical (unpaired) electrons. The third-order valence-electron chi connectivity index (χ3n) is 5.37. The minimum Gasteiger partial charge on any atom is -0.509 e. The standard InChI is InChI=1S/C15H21NO2/c1-9(17)8-18-15(2)5-13-10-3-11(7-16)12(4-10)14(13)6-15/h8,10-14,17H,3-6H2,1-2H3/b9-8-. The molecule has 3 aliphatic rings. The second-order valence-electron chi connectivity index (χ2n) is 6.69. The van der Waals surface area contributed by atoms with Crippen LogP contribution in [0.3, 0.4) is 0 Å². The minimum atomic E-state index is -0.138. The maximum absolute atomic E-state index is 9.22. The van der Waals surface area contributed by atoms with Crippen molar-refractivity contribution in [3.05, 3.63) is 12.0 Å². The van der Waals surface area contributed by atoms with Crippen molar-refractivity contribution in [2.24, 2.45) is 29.6 Å². The Morgan fingerprint density at radius 1 is 1.33 bits per heavy atom. The van der Waals surface area contributed by atoms with Gasteiger partial charge in [-0.15, -0.1) is 0 Å². The average Bonchev–Trinajstić information content (AvgIpc) is 2.95. The van der Waals surface area contributed by atoms with Gasteiger partial charge in [-0.1, -0.05) is 0 Å². The SMILES string of the molecule is C/C(O)=C/OC1(C)CC2C3CC(C#N)C(C3)C2C1. The Morgan fingerprint density at radius 3 is 2.72 bits per heavy atom. The van der Waals surface area contributed by atoms with E-state index in [0.717, 1.165) is 31.1 Å². The molecular weight excluding hydrogens is 226 g/mol. The molecule has 0 aliphatic heterocycles. The van der Waals surface area contributed by atoms with Gasteiger partial charge in [0.1, 0.15) is 17.6 Å². The second-order valence-corrected chi connectivity index (χ2v) is 6.69. The van der Waals surface area contributed by atoms with Gasteiger partial charge in [0.05, 0.1) is 6.07 Å². The summed E-state index contributed by atoms with van der Waals surface area (Å²) >= 11 is 0. The van der Waals surface area contributed by atoms with Crippen LogP contribution in [-0.4, -0.2) is 10.7 Å². The van der Waals surface area contributed by atoms with Gasteiger partial charge in [0.2, 0.25) is 0 Å². The number of aliphatic hydroxyl groups excluding tert-OH is 1. The Hall–Kier alpha value is -1.17. The van der Waals surface area contributed by atoms with Crippen LogP contribution in [0, 0.1) is 40.9 Å². The van der Waals surface area contributed by atoms with E-state index in [0.29, 0.717) is 11.8 Å². The van der Waals surface area contributed by atoms with Gasteiger partial charge in [-0.3, -0.25) is 0 Å². The molecule has 3 aliphatic carbocycles. The molecule has 0 amide bonds. The number of aliphatic hydroxyl groups is 1. The lowest BCUT2D eigenvalue weighted by atomic mass is 9.76. The number of hydrogen-bond acceptors (Lipinski definition) is 3. The van der Waals surface area contributed by atoms with Crippen LogP contribution >= 0.6 is 0 Å². The summed E-state index contributed by atoms with van der Waals surface area (Å²) in [5, 5.41) is 18.4. The first kappa shape index (κ1) is 11.9. The maximum atomic E-state index is 9.22. The molecule has 0 spiro atoms. The molecule has 3 nitrogen and oxygen atoms in total. The van der Waals surface area contributed by atoms with Crippen molar-refractivity contribution in [3.63, 3.8) is 0 Å². The molecule has 0 aromatic carbocycles. The van der Waals surface area contributed by atoms with E-state index in [4.69, 9.17) is 4.74 Å². The van der Waals surface area contributed by atoms with Crippen molar-refractivity contribution in [1.29, 1.82) is 5.26 Å². The highest BCUT2D eigenvalue weighted by Crippen LogP contribution is 2.63. The van der Waals surface area contributed by atoms with Gasteiger partial charge >= 0.3 is 0 Å². The molecule has 1 N–H and O–H groups in total. The van der Waals surface area contributed by atoms with Crippen LogP contribution in [0.4, 0.5) is 0 Å². The van der Waals surface area contributed by atoms with Crippen LogP contribution < -0.4 is 0 Å². The van der Waals surface area contributed by atoms with Gasteiger partial charge in [0.15, 0.2) is 0 Å². The number of allylic oxidation sites excluding steroid dienone is 1. The summed E-state index contributed by atoms with van der Waals surface area (Å²) in [6.07, 6.45) is 5.97. The molecule has 0 aromatic heterocycles. The van der Waals surface area contributed by atoms with Crippen molar-refractivity contribution in [3.8, 4) is 6.07 Å². The molecule has 3 rings (SSSR count). The number of fused-ring (bicyclic) bond motifs is 5. The zero-order valence-corrected chi connectivity index (χ0v) is 11.1. The van der Waals surface area contributed by atoms with E-state index in [1.807, 2.05) is 0 Å². The van der Waals surface area contributed by atoms with Crippen LogP contribution in [0.25, 0.3) is 0 Å². The molecule has 0 aromatic rings. The van der Waals surface area contributed by atoms with E-state index in [1.165, 1.54) is 12.7 Å². The van der Waals surface area contributed by atoms with E-state index in [9.17, 15) is 10.4 Å². The smallest absolute Gasteiger partial charge is 0.124 e. The van der Waals surface area contributed by atoms with Gasteiger partial charge in [-0.2, -0.15) is 5.26 Å². The first-order valence-electron chi connectivity index (χ1n) is 6.95. The molecule has 6 atom stereocenters. The topological polar surface area (TPSA) is 53.2 Å². The largest absolute Gasteiger partial charge is 0.509 e. The zero-order chi connectivity index (χ0) is 12.9. The number of nitriles is 1. The summed E-state index contributed by atoms with van der Waals surface area (Å²) in [7, 11) is 0. The predicted molar refractivity (Wildman–Crippen MR) is 67.4 cm³/mol. The zero-order valence-electron chi connectivity index (χ0n) is 11.1. The summed E-state index contributed by atoms with van der Waals surface area (Å²) in [4.78, 5) is 0. The fraction of sp³-hybridized carbons (Fsp3) is 0.800. The van der Waals surface area contributed by atoms with Crippen molar-refractivity contribution >= 4 is 0 Å². The third kappa shape index (κ3) is 1.70. The molecular formula is C15H21NO2. The van der Waals surface area contributed by atoms with Crippen molar-refractivity contribution in [1.82, 2.24) is 0 Å². The van der Waals surface area contributed by atoms with Crippen LogP contribution in [-0.2, 0) is 4.74 Å². The fourth-order valence-corrected chi connectivity index (χ4v) is 4.77. The fourth-order valence-electron chi connectivity index (χ4n) is 4.77. The van der Waals surface area contributed by atoms with Crippen molar-refractivity contribution < 1.29 is 9.84 Å². The van der Waals surface area contributed by atoms with Crippen molar-refractivity contribution in [2.45, 2.75) is 45.1 Å². The number of rotatable bonds is 2. The lowest BCUT2D eigenvalue weighted by Gasteiger charge is -2.27. The molecule has 0 heterocycles. The molecule has 2 bridgehead atoms. The maximum Gasteiger partial charge on any atom is 0.124 e. The molecule has 18 heavy (non-hydrogen) atoms. The highest BCUT2D eigenvalue weighted by atomic mass is 16.5.